The molecule has 1 aromatic carbocycles. The maximum atomic E-state index is 9.75. The molecule has 0 heterocycles. The third kappa shape index (κ3) is 2.40. The van der Waals surface area contributed by atoms with E-state index >= 15 is 0 Å². The molecule has 1 rings (SSSR count). The summed E-state index contributed by atoms with van der Waals surface area (Å²) in [5.74, 6) is 0. The zero-order valence-corrected chi connectivity index (χ0v) is 7.52. The van der Waals surface area contributed by atoms with Gasteiger partial charge in [-0.2, -0.15) is 0 Å². The summed E-state index contributed by atoms with van der Waals surface area (Å²) in [6.07, 6.45) is 0. The van der Waals surface area contributed by atoms with E-state index in [9.17, 15) is 4.79 Å². The van der Waals surface area contributed by atoms with Crippen molar-refractivity contribution in [3.05, 3.63) is 33.8 Å². The van der Waals surface area contributed by atoms with Crippen molar-refractivity contribution < 1.29 is 9.53 Å². The number of benzene rings is 1. The van der Waals surface area contributed by atoms with Gasteiger partial charge < -0.3 is 4.74 Å². The largest absolute Gasteiger partial charge is 0.452 e. The van der Waals surface area contributed by atoms with Crippen LogP contribution in [0.2, 0.25) is 10.0 Å². The molecule has 0 atom stereocenters. The molecule has 1 radical (unpaired) electrons. The molecule has 12 heavy (non-hydrogen) atoms. The molecule has 0 spiro atoms. The molecular formula is C8H5Cl2O2. The van der Waals surface area contributed by atoms with E-state index < -0.39 is 0 Å². The Morgan fingerprint density at radius 2 is 2.17 bits per heavy atom. The SMILES string of the molecule is O=[C]OCc1cc(Cl)ccc1Cl. The summed E-state index contributed by atoms with van der Waals surface area (Å²) in [5.41, 5.74) is 0.674. The molecule has 0 aromatic heterocycles. The van der Waals surface area contributed by atoms with Crippen molar-refractivity contribution in [3.63, 3.8) is 0 Å². The molecule has 0 bridgehead atoms. The summed E-state index contributed by atoms with van der Waals surface area (Å²) in [5, 5.41) is 1.08. The fraction of sp³-hybridized carbons (Fsp3) is 0.125. The Hall–Kier alpha value is -0.730. The molecule has 2 nitrogen and oxygen atoms in total. The molecule has 0 saturated heterocycles. The molecular weight excluding hydrogens is 199 g/mol. The Morgan fingerprint density at radius 1 is 1.42 bits per heavy atom. The zero-order chi connectivity index (χ0) is 8.97. The van der Waals surface area contributed by atoms with Gasteiger partial charge in [0.1, 0.15) is 6.61 Å². The smallest absolute Gasteiger partial charge is 0.417 e. The lowest BCUT2D eigenvalue weighted by Gasteiger charge is -2.01. The van der Waals surface area contributed by atoms with Crippen LogP contribution in [-0.4, -0.2) is 6.47 Å². The minimum absolute atomic E-state index is 0.100. The molecule has 0 unspecified atom stereocenters. The van der Waals surface area contributed by atoms with Crippen LogP contribution in [0.25, 0.3) is 0 Å². The summed E-state index contributed by atoms with van der Waals surface area (Å²) in [4.78, 5) is 9.75. The fourth-order valence-corrected chi connectivity index (χ4v) is 1.13. The fourth-order valence-electron chi connectivity index (χ4n) is 0.761. The normalized spacial score (nSPS) is 9.50. The minimum Gasteiger partial charge on any atom is -0.452 e. The van der Waals surface area contributed by atoms with Gasteiger partial charge in [0.15, 0.2) is 0 Å². The maximum Gasteiger partial charge on any atom is 0.417 e. The van der Waals surface area contributed by atoms with Crippen LogP contribution in [0.1, 0.15) is 5.56 Å². The first-order valence-corrected chi connectivity index (χ1v) is 3.92. The van der Waals surface area contributed by atoms with Gasteiger partial charge in [-0.15, -0.1) is 0 Å². The predicted molar refractivity (Wildman–Crippen MR) is 46.9 cm³/mol. The van der Waals surface area contributed by atoms with Gasteiger partial charge in [-0.3, -0.25) is 0 Å². The number of hydrogen-bond acceptors (Lipinski definition) is 2. The highest BCUT2D eigenvalue weighted by molar-refractivity contribution is 6.33. The molecule has 0 aliphatic heterocycles. The molecule has 0 aliphatic rings. The van der Waals surface area contributed by atoms with E-state index in [0.717, 1.165) is 0 Å². The highest BCUT2D eigenvalue weighted by Gasteiger charge is 2.00. The van der Waals surface area contributed by atoms with Gasteiger partial charge in [-0.25, -0.2) is 4.79 Å². The lowest BCUT2D eigenvalue weighted by Crippen LogP contribution is -1.90. The summed E-state index contributed by atoms with van der Waals surface area (Å²) in [7, 11) is 0. The average Bonchev–Trinajstić information content (AvgIpc) is 2.07. The van der Waals surface area contributed by atoms with Crippen molar-refractivity contribution >= 4 is 29.7 Å². The van der Waals surface area contributed by atoms with E-state index in [4.69, 9.17) is 23.2 Å². The second-order valence-corrected chi connectivity index (χ2v) is 2.95. The summed E-state index contributed by atoms with van der Waals surface area (Å²) in [6, 6.07) is 4.95. The van der Waals surface area contributed by atoms with Crippen molar-refractivity contribution in [3.8, 4) is 0 Å². The summed E-state index contributed by atoms with van der Waals surface area (Å²) < 4.78 is 4.41. The average molecular weight is 204 g/mol. The first kappa shape index (κ1) is 9.36. The topological polar surface area (TPSA) is 26.3 Å². The first-order chi connectivity index (χ1) is 5.74. The van der Waals surface area contributed by atoms with Crippen LogP contribution in [0.4, 0.5) is 0 Å². The van der Waals surface area contributed by atoms with Crippen LogP contribution in [-0.2, 0) is 16.1 Å². The number of carbonyl (C=O) groups excluding carboxylic acids is 1. The van der Waals surface area contributed by atoms with Gasteiger partial charge in [0.05, 0.1) is 0 Å². The van der Waals surface area contributed by atoms with Crippen molar-refractivity contribution in [1.82, 2.24) is 0 Å². The quantitative estimate of drug-likeness (QED) is 0.756. The molecule has 0 saturated carbocycles. The van der Waals surface area contributed by atoms with E-state index in [-0.39, 0.29) is 6.61 Å². The van der Waals surface area contributed by atoms with Gasteiger partial charge >= 0.3 is 6.47 Å². The number of rotatable bonds is 3. The zero-order valence-electron chi connectivity index (χ0n) is 6.01. The van der Waals surface area contributed by atoms with E-state index in [2.05, 4.69) is 4.74 Å². The Labute approximate surface area is 80.0 Å². The molecule has 0 fully saturated rings. The molecule has 4 heteroatoms. The third-order valence-corrected chi connectivity index (χ3v) is 1.90. The third-order valence-electron chi connectivity index (χ3n) is 1.29. The Bertz CT molecular complexity index is 286. The molecule has 0 aliphatic carbocycles. The van der Waals surface area contributed by atoms with Crippen LogP contribution >= 0.6 is 23.2 Å². The van der Waals surface area contributed by atoms with Crippen LogP contribution in [0.15, 0.2) is 18.2 Å². The number of halogens is 2. The minimum atomic E-state index is 0.100. The van der Waals surface area contributed by atoms with Crippen LogP contribution in [0.5, 0.6) is 0 Å². The molecule has 0 N–H and O–H groups in total. The highest BCUT2D eigenvalue weighted by Crippen LogP contribution is 2.20. The Kier molecular flexibility index (Phi) is 3.38. The lowest BCUT2D eigenvalue weighted by atomic mass is 10.2. The standard InChI is InChI=1S/C8H5Cl2O2/c9-7-1-2-8(10)6(3-7)4-12-5-11/h1-3H,4H2. The Morgan fingerprint density at radius 3 is 2.83 bits per heavy atom. The van der Waals surface area contributed by atoms with Gasteiger partial charge in [0, 0.05) is 15.6 Å². The second kappa shape index (κ2) is 4.33. The van der Waals surface area contributed by atoms with E-state index in [0.29, 0.717) is 15.6 Å². The highest BCUT2D eigenvalue weighted by atomic mass is 35.5. The first-order valence-electron chi connectivity index (χ1n) is 3.17. The number of hydrogen-bond donors (Lipinski definition) is 0. The van der Waals surface area contributed by atoms with E-state index in [1.54, 1.807) is 18.2 Å². The van der Waals surface area contributed by atoms with Crippen LogP contribution < -0.4 is 0 Å². The Balaban J connectivity index is 2.82. The van der Waals surface area contributed by atoms with Crippen molar-refractivity contribution in [2.45, 2.75) is 6.61 Å². The summed E-state index contributed by atoms with van der Waals surface area (Å²) in [6.45, 7) is 1.41. The predicted octanol–water partition coefficient (Wildman–Crippen LogP) is 2.58. The van der Waals surface area contributed by atoms with Gasteiger partial charge in [-0.1, -0.05) is 23.2 Å². The van der Waals surface area contributed by atoms with Gasteiger partial charge in [0.25, 0.3) is 0 Å². The second-order valence-electron chi connectivity index (χ2n) is 2.11. The van der Waals surface area contributed by atoms with Crippen LogP contribution in [0, 0.1) is 0 Å². The lowest BCUT2D eigenvalue weighted by molar-refractivity contribution is 0.267. The van der Waals surface area contributed by atoms with Gasteiger partial charge in [-0.05, 0) is 18.2 Å². The van der Waals surface area contributed by atoms with E-state index in [1.807, 2.05) is 0 Å². The van der Waals surface area contributed by atoms with Crippen molar-refractivity contribution in [2.75, 3.05) is 0 Å². The number of ether oxygens (including phenoxy) is 1. The monoisotopic (exact) mass is 203 g/mol. The van der Waals surface area contributed by atoms with Crippen LogP contribution in [0.3, 0.4) is 0 Å². The van der Waals surface area contributed by atoms with E-state index in [1.165, 1.54) is 6.47 Å². The molecule has 1 aromatic rings. The molecule has 63 valence electrons. The molecule has 0 amide bonds. The maximum absolute atomic E-state index is 9.75. The van der Waals surface area contributed by atoms with Crippen molar-refractivity contribution in [1.29, 1.82) is 0 Å². The van der Waals surface area contributed by atoms with Crippen molar-refractivity contribution in [2.24, 2.45) is 0 Å². The van der Waals surface area contributed by atoms with Gasteiger partial charge in [0.2, 0.25) is 0 Å². The summed E-state index contributed by atoms with van der Waals surface area (Å²) >= 11 is 11.4.